The van der Waals surface area contributed by atoms with E-state index in [1.807, 2.05) is 13.8 Å². The summed E-state index contributed by atoms with van der Waals surface area (Å²) in [6, 6.07) is 0. The van der Waals surface area contributed by atoms with Gasteiger partial charge in [-0.3, -0.25) is 0 Å². The van der Waals surface area contributed by atoms with Crippen LogP contribution in [-0.2, 0) is 4.74 Å². The van der Waals surface area contributed by atoms with Crippen LogP contribution in [0, 0.1) is 11.8 Å². The molecule has 0 aliphatic carbocycles. The summed E-state index contributed by atoms with van der Waals surface area (Å²) in [5.41, 5.74) is 0. The van der Waals surface area contributed by atoms with Gasteiger partial charge in [-0.05, 0) is 64.5 Å². The van der Waals surface area contributed by atoms with E-state index in [-0.39, 0.29) is 12.2 Å². The van der Waals surface area contributed by atoms with Gasteiger partial charge in [0.15, 0.2) is 0 Å². The Bertz CT molecular complexity index is 295. The minimum absolute atomic E-state index is 0.195. The topological polar surface area (TPSA) is 56.2 Å². The van der Waals surface area contributed by atoms with Crippen LogP contribution in [-0.4, -0.2) is 84.7 Å². The first-order valence-electron chi connectivity index (χ1n) is 9.45. The lowest BCUT2D eigenvalue weighted by Crippen LogP contribution is -2.42. The number of ether oxygens (including phenoxy) is 1. The van der Waals surface area contributed by atoms with Gasteiger partial charge in [0.1, 0.15) is 0 Å². The van der Waals surface area contributed by atoms with Crippen molar-refractivity contribution in [3.8, 4) is 0 Å². The molecule has 2 aliphatic heterocycles. The molecule has 0 aromatic carbocycles. The number of likely N-dealkylation sites (tertiary alicyclic amines) is 2. The van der Waals surface area contributed by atoms with Crippen molar-refractivity contribution in [2.45, 2.75) is 51.7 Å². The van der Waals surface area contributed by atoms with Crippen molar-refractivity contribution in [2.24, 2.45) is 11.8 Å². The predicted molar refractivity (Wildman–Crippen MR) is 92.5 cm³/mol. The minimum Gasteiger partial charge on any atom is -0.393 e. The maximum absolute atomic E-state index is 9.73. The van der Waals surface area contributed by atoms with Crippen LogP contribution < -0.4 is 0 Å². The van der Waals surface area contributed by atoms with Gasteiger partial charge in [0.05, 0.1) is 25.4 Å². The molecule has 5 nitrogen and oxygen atoms in total. The van der Waals surface area contributed by atoms with Gasteiger partial charge in [0.2, 0.25) is 0 Å². The Morgan fingerprint density at radius 2 is 1.30 bits per heavy atom. The molecule has 5 heteroatoms. The summed E-state index contributed by atoms with van der Waals surface area (Å²) in [6.07, 6.45) is 4.27. The van der Waals surface area contributed by atoms with Crippen LogP contribution in [0.1, 0.15) is 39.5 Å². The van der Waals surface area contributed by atoms with E-state index in [9.17, 15) is 10.2 Å². The Balaban J connectivity index is 1.54. The van der Waals surface area contributed by atoms with Gasteiger partial charge >= 0.3 is 0 Å². The second-order valence-corrected chi connectivity index (χ2v) is 7.50. The average Bonchev–Trinajstić information content (AvgIpc) is 2.55. The third-order valence-electron chi connectivity index (χ3n) is 5.55. The fourth-order valence-electron chi connectivity index (χ4n) is 3.87. The molecular formula is C18H36N2O3. The van der Waals surface area contributed by atoms with Crippen molar-refractivity contribution in [3.63, 3.8) is 0 Å². The SMILES string of the molecule is CC(O)C1CCCN(CCOCCN2CCCC(C(C)O)C2)C1. The molecule has 0 radical (unpaired) electrons. The Morgan fingerprint density at radius 1 is 0.870 bits per heavy atom. The molecule has 2 N–H and O–H groups in total. The number of aliphatic hydroxyl groups is 2. The van der Waals surface area contributed by atoms with Crippen molar-refractivity contribution in [2.75, 3.05) is 52.5 Å². The van der Waals surface area contributed by atoms with E-state index in [0.29, 0.717) is 11.8 Å². The van der Waals surface area contributed by atoms with Crippen molar-refractivity contribution in [1.82, 2.24) is 9.80 Å². The third kappa shape index (κ3) is 6.67. The highest BCUT2D eigenvalue weighted by molar-refractivity contribution is 4.77. The number of hydrogen-bond donors (Lipinski definition) is 2. The maximum Gasteiger partial charge on any atom is 0.0594 e. The highest BCUT2D eigenvalue weighted by Crippen LogP contribution is 2.20. The van der Waals surface area contributed by atoms with E-state index >= 15 is 0 Å². The molecular weight excluding hydrogens is 292 g/mol. The molecule has 2 rings (SSSR count). The molecule has 2 fully saturated rings. The van der Waals surface area contributed by atoms with E-state index in [1.54, 1.807) is 0 Å². The lowest BCUT2D eigenvalue weighted by atomic mass is 9.93. The number of piperidine rings is 2. The van der Waals surface area contributed by atoms with Crippen LogP contribution in [0.4, 0.5) is 0 Å². The first-order chi connectivity index (χ1) is 11.1. The zero-order valence-electron chi connectivity index (χ0n) is 15.0. The maximum atomic E-state index is 9.73. The zero-order chi connectivity index (χ0) is 16.7. The number of nitrogens with zero attached hydrogens (tertiary/aromatic N) is 2. The van der Waals surface area contributed by atoms with Crippen LogP contribution in [0.5, 0.6) is 0 Å². The molecule has 4 atom stereocenters. The molecule has 0 spiro atoms. The molecule has 0 saturated carbocycles. The summed E-state index contributed by atoms with van der Waals surface area (Å²) in [5.74, 6) is 0.851. The quantitative estimate of drug-likeness (QED) is 0.656. The Hall–Kier alpha value is -0.200. The molecule has 2 aliphatic rings. The Labute approximate surface area is 141 Å². The molecule has 2 heterocycles. The van der Waals surface area contributed by atoms with Gasteiger partial charge < -0.3 is 24.7 Å². The van der Waals surface area contributed by atoms with Crippen LogP contribution in [0.25, 0.3) is 0 Å². The smallest absolute Gasteiger partial charge is 0.0594 e. The standard InChI is InChI=1S/C18H36N2O3/c1-15(21)17-5-3-7-19(13-17)9-11-23-12-10-20-8-4-6-18(14-20)16(2)22/h15-18,21-22H,3-14H2,1-2H3. The number of hydrogen-bond acceptors (Lipinski definition) is 5. The van der Waals surface area contributed by atoms with E-state index in [1.165, 1.54) is 12.8 Å². The lowest BCUT2D eigenvalue weighted by molar-refractivity contribution is 0.0268. The molecule has 2 saturated heterocycles. The molecule has 0 aromatic rings. The highest BCUT2D eigenvalue weighted by Gasteiger charge is 2.24. The van der Waals surface area contributed by atoms with E-state index in [2.05, 4.69) is 9.80 Å². The monoisotopic (exact) mass is 328 g/mol. The van der Waals surface area contributed by atoms with Gasteiger partial charge in [-0.15, -0.1) is 0 Å². The van der Waals surface area contributed by atoms with Crippen molar-refractivity contribution < 1.29 is 14.9 Å². The molecule has 4 unspecified atom stereocenters. The molecule has 23 heavy (non-hydrogen) atoms. The van der Waals surface area contributed by atoms with Gasteiger partial charge in [-0.1, -0.05) is 0 Å². The van der Waals surface area contributed by atoms with E-state index < -0.39 is 0 Å². The average molecular weight is 328 g/mol. The Morgan fingerprint density at radius 3 is 1.70 bits per heavy atom. The molecule has 0 amide bonds. The molecule has 136 valence electrons. The second kappa shape index (κ2) is 9.94. The van der Waals surface area contributed by atoms with Gasteiger partial charge in [-0.25, -0.2) is 0 Å². The van der Waals surface area contributed by atoms with Gasteiger partial charge in [0, 0.05) is 26.2 Å². The summed E-state index contributed by atoms with van der Waals surface area (Å²) in [6.45, 7) is 11.6. The van der Waals surface area contributed by atoms with Crippen LogP contribution in [0.2, 0.25) is 0 Å². The van der Waals surface area contributed by atoms with Crippen LogP contribution >= 0.6 is 0 Å². The second-order valence-electron chi connectivity index (χ2n) is 7.50. The summed E-state index contributed by atoms with van der Waals surface area (Å²) >= 11 is 0. The zero-order valence-corrected chi connectivity index (χ0v) is 15.0. The highest BCUT2D eigenvalue weighted by atomic mass is 16.5. The first-order valence-corrected chi connectivity index (χ1v) is 9.45. The van der Waals surface area contributed by atoms with Crippen LogP contribution in [0.3, 0.4) is 0 Å². The normalized spacial score (nSPS) is 30.3. The summed E-state index contributed by atoms with van der Waals surface area (Å²) in [5, 5.41) is 19.5. The van der Waals surface area contributed by atoms with Crippen molar-refractivity contribution in [1.29, 1.82) is 0 Å². The fraction of sp³-hybridized carbons (Fsp3) is 1.00. The Kier molecular flexibility index (Phi) is 8.27. The number of rotatable bonds is 8. The fourth-order valence-corrected chi connectivity index (χ4v) is 3.87. The molecule has 0 aromatic heterocycles. The van der Waals surface area contributed by atoms with Gasteiger partial charge in [0.25, 0.3) is 0 Å². The van der Waals surface area contributed by atoms with Crippen LogP contribution in [0.15, 0.2) is 0 Å². The minimum atomic E-state index is -0.195. The van der Waals surface area contributed by atoms with Crippen molar-refractivity contribution >= 4 is 0 Å². The number of aliphatic hydroxyl groups excluding tert-OH is 2. The first kappa shape index (κ1) is 19.1. The van der Waals surface area contributed by atoms with Crippen molar-refractivity contribution in [3.05, 3.63) is 0 Å². The summed E-state index contributed by atoms with van der Waals surface area (Å²) in [4.78, 5) is 4.84. The lowest BCUT2D eigenvalue weighted by Gasteiger charge is -2.34. The molecule has 0 bridgehead atoms. The van der Waals surface area contributed by atoms with Gasteiger partial charge in [-0.2, -0.15) is 0 Å². The largest absolute Gasteiger partial charge is 0.393 e. The van der Waals surface area contributed by atoms with E-state index in [4.69, 9.17) is 4.74 Å². The third-order valence-corrected chi connectivity index (χ3v) is 5.55. The predicted octanol–water partition coefficient (Wildman–Crippen LogP) is 1.19. The summed E-state index contributed by atoms with van der Waals surface area (Å²) in [7, 11) is 0. The summed E-state index contributed by atoms with van der Waals surface area (Å²) < 4.78 is 5.82. The van der Waals surface area contributed by atoms with E-state index in [0.717, 1.165) is 65.3 Å².